The summed E-state index contributed by atoms with van der Waals surface area (Å²) in [6.45, 7) is 2.00. The van der Waals surface area contributed by atoms with Crippen molar-refractivity contribution in [2.75, 3.05) is 13.7 Å². The molecule has 0 spiro atoms. The second-order valence-electron chi connectivity index (χ2n) is 3.77. The van der Waals surface area contributed by atoms with E-state index < -0.39 is 5.97 Å². The number of phenols is 1. The van der Waals surface area contributed by atoms with Gasteiger partial charge in [-0.05, 0) is 36.6 Å². The summed E-state index contributed by atoms with van der Waals surface area (Å²) in [6.07, 6.45) is 0. The molecule has 94 valence electrons. The SMILES string of the molecule is CCOC(=O)c1ccc2cc(OC)ccc2c1O. The fourth-order valence-electron chi connectivity index (χ4n) is 1.79. The van der Waals surface area contributed by atoms with Crippen molar-refractivity contribution in [2.24, 2.45) is 0 Å². The Hall–Kier alpha value is -2.23. The van der Waals surface area contributed by atoms with Crippen molar-refractivity contribution in [1.29, 1.82) is 0 Å². The molecule has 2 aromatic carbocycles. The fraction of sp³-hybridized carbons (Fsp3) is 0.214. The van der Waals surface area contributed by atoms with Crippen LogP contribution in [0.1, 0.15) is 17.3 Å². The molecule has 4 heteroatoms. The van der Waals surface area contributed by atoms with E-state index in [4.69, 9.17) is 9.47 Å². The summed E-state index contributed by atoms with van der Waals surface area (Å²) in [7, 11) is 1.58. The zero-order chi connectivity index (χ0) is 13.1. The summed E-state index contributed by atoms with van der Waals surface area (Å²) in [4.78, 5) is 11.6. The smallest absolute Gasteiger partial charge is 0.341 e. The van der Waals surface area contributed by atoms with E-state index in [-0.39, 0.29) is 17.9 Å². The topological polar surface area (TPSA) is 55.8 Å². The lowest BCUT2D eigenvalue weighted by atomic mass is 10.0. The first-order valence-corrected chi connectivity index (χ1v) is 5.64. The highest BCUT2D eigenvalue weighted by Crippen LogP contribution is 2.31. The minimum absolute atomic E-state index is 0.0615. The fourth-order valence-corrected chi connectivity index (χ4v) is 1.79. The highest BCUT2D eigenvalue weighted by Gasteiger charge is 2.14. The lowest BCUT2D eigenvalue weighted by Crippen LogP contribution is -2.04. The Kier molecular flexibility index (Phi) is 3.37. The van der Waals surface area contributed by atoms with Crippen LogP contribution in [-0.4, -0.2) is 24.8 Å². The molecule has 0 aliphatic heterocycles. The molecule has 0 radical (unpaired) electrons. The van der Waals surface area contributed by atoms with Crippen molar-refractivity contribution in [3.8, 4) is 11.5 Å². The maximum absolute atomic E-state index is 11.6. The van der Waals surface area contributed by atoms with E-state index in [0.717, 1.165) is 5.39 Å². The second kappa shape index (κ2) is 4.96. The first-order chi connectivity index (χ1) is 8.67. The molecule has 0 aliphatic rings. The molecule has 1 N–H and O–H groups in total. The largest absolute Gasteiger partial charge is 0.506 e. The summed E-state index contributed by atoms with van der Waals surface area (Å²) in [5, 5.41) is 11.5. The number of carbonyl (C=O) groups excluding carboxylic acids is 1. The van der Waals surface area contributed by atoms with E-state index in [1.165, 1.54) is 0 Å². The molecule has 4 nitrogen and oxygen atoms in total. The molecule has 0 fully saturated rings. The van der Waals surface area contributed by atoms with Gasteiger partial charge in [-0.25, -0.2) is 4.79 Å². The number of methoxy groups -OCH3 is 1. The molecule has 0 atom stereocenters. The van der Waals surface area contributed by atoms with Crippen LogP contribution in [0.5, 0.6) is 11.5 Å². The van der Waals surface area contributed by atoms with Crippen molar-refractivity contribution < 1.29 is 19.4 Å². The Morgan fingerprint density at radius 1 is 1.28 bits per heavy atom. The molecule has 0 saturated heterocycles. The summed E-state index contributed by atoms with van der Waals surface area (Å²) in [5.74, 6) is 0.118. The van der Waals surface area contributed by atoms with Crippen LogP contribution in [0.2, 0.25) is 0 Å². The predicted molar refractivity (Wildman–Crippen MR) is 68.1 cm³/mol. The van der Waals surface area contributed by atoms with Crippen molar-refractivity contribution in [1.82, 2.24) is 0 Å². The highest BCUT2D eigenvalue weighted by molar-refractivity contribution is 6.01. The molecule has 0 heterocycles. The number of hydrogen-bond acceptors (Lipinski definition) is 4. The first-order valence-electron chi connectivity index (χ1n) is 5.64. The van der Waals surface area contributed by atoms with E-state index in [2.05, 4.69) is 0 Å². The van der Waals surface area contributed by atoms with E-state index in [9.17, 15) is 9.90 Å². The van der Waals surface area contributed by atoms with Crippen LogP contribution in [0.3, 0.4) is 0 Å². The molecule has 2 aromatic rings. The molecule has 0 amide bonds. The third-order valence-electron chi connectivity index (χ3n) is 2.69. The number of fused-ring (bicyclic) bond motifs is 1. The second-order valence-corrected chi connectivity index (χ2v) is 3.77. The minimum atomic E-state index is -0.521. The lowest BCUT2D eigenvalue weighted by Gasteiger charge is -2.08. The summed E-state index contributed by atoms with van der Waals surface area (Å²) in [5.41, 5.74) is 0.175. The number of aromatic hydroxyl groups is 1. The van der Waals surface area contributed by atoms with Crippen LogP contribution >= 0.6 is 0 Å². The average Bonchev–Trinajstić information content (AvgIpc) is 2.38. The van der Waals surface area contributed by atoms with Crippen molar-refractivity contribution in [3.05, 3.63) is 35.9 Å². The van der Waals surface area contributed by atoms with Gasteiger partial charge in [0, 0.05) is 5.39 Å². The standard InChI is InChI=1S/C14H14O4/c1-3-18-14(16)12-6-4-9-8-10(17-2)5-7-11(9)13(12)15/h4-8,15H,3H2,1-2H3. The number of hydrogen-bond donors (Lipinski definition) is 1. The molecule has 2 rings (SSSR count). The summed E-state index contributed by atoms with van der Waals surface area (Å²) < 4.78 is 9.98. The van der Waals surface area contributed by atoms with E-state index in [1.807, 2.05) is 0 Å². The van der Waals surface area contributed by atoms with Crippen molar-refractivity contribution in [3.63, 3.8) is 0 Å². The third kappa shape index (κ3) is 2.09. The zero-order valence-electron chi connectivity index (χ0n) is 10.3. The van der Waals surface area contributed by atoms with Gasteiger partial charge in [-0.15, -0.1) is 0 Å². The number of ether oxygens (including phenoxy) is 2. The maximum Gasteiger partial charge on any atom is 0.341 e. The Labute approximate surface area is 105 Å². The van der Waals surface area contributed by atoms with Gasteiger partial charge in [0.25, 0.3) is 0 Å². The molecule has 0 unspecified atom stereocenters. The van der Waals surface area contributed by atoms with E-state index in [1.54, 1.807) is 44.4 Å². The first kappa shape index (κ1) is 12.2. The molecule has 0 bridgehead atoms. The summed E-state index contributed by atoms with van der Waals surface area (Å²) >= 11 is 0. The quantitative estimate of drug-likeness (QED) is 0.846. The van der Waals surface area contributed by atoms with Gasteiger partial charge in [-0.2, -0.15) is 0 Å². The van der Waals surface area contributed by atoms with Crippen LogP contribution in [-0.2, 0) is 4.74 Å². The van der Waals surface area contributed by atoms with Crippen molar-refractivity contribution in [2.45, 2.75) is 6.92 Å². The van der Waals surface area contributed by atoms with Crippen LogP contribution < -0.4 is 4.74 Å². The molecule has 0 aliphatic carbocycles. The van der Waals surface area contributed by atoms with Gasteiger partial charge in [-0.1, -0.05) is 6.07 Å². The maximum atomic E-state index is 11.6. The Bertz CT molecular complexity index is 590. The van der Waals surface area contributed by atoms with Gasteiger partial charge in [0.05, 0.1) is 13.7 Å². The Morgan fingerprint density at radius 2 is 2.06 bits per heavy atom. The summed E-state index contributed by atoms with van der Waals surface area (Å²) in [6, 6.07) is 8.55. The lowest BCUT2D eigenvalue weighted by molar-refractivity contribution is 0.0523. The molecular formula is C14H14O4. The highest BCUT2D eigenvalue weighted by atomic mass is 16.5. The van der Waals surface area contributed by atoms with Gasteiger partial charge in [0.1, 0.15) is 17.1 Å². The van der Waals surface area contributed by atoms with Gasteiger partial charge in [-0.3, -0.25) is 0 Å². The molecule has 0 aromatic heterocycles. The van der Waals surface area contributed by atoms with Crippen LogP contribution in [0.25, 0.3) is 10.8 Å². The van der Waals surface area contributed by atoms with Gasteiger partial charge < -0.3 is 14.6 Å². The van der Waals surface area contributed by atoms with E-state index >= 15 is 0 Å². The molecule has 0 saturated carbocycles. The Balaban J connectivity index is 2.54. The number of benzene rings is 2. The van der Waals surface area contributed by atoms with Crippen molar-refractivity contribution >= 4 is 16.7 Å². The average molecular weight is 246 g/mol. The van der Waals surface area contributed by atoms with Crippen LogP contribution in [0.4, 0.5) is 0 Å². The normalized spacial score (nSPS) is 10.3. The number of carbonyl (C=O) groups is 1. The zero-order valence-corrected chi connectivity index (χ0v) is 10.3. The molecule has 18 heavy (non-hydrogen) atoms. The van der Waals surface area contributed by atoms with Crippen LogP contribution in [0.15, 0.2) is 30.3 Å². The number of rotatable bonds is 3. The number of phenolic OH excluding ortho intramolecular Hbond substituents is 1. The Morgan fingerprint density at radius 3 is 2.72 bits per heavy atom. The van der Waals surface area contributed by atoms with Gasteiger partial charge >= 0.3 is 5.97 Å². The molecular weight excluding hydrogens is 232 g/mol. The minimum Gasteiger partial charge on any atom is -0.506 e. The number of esters is 1. The monoisotopic (exact) mass is 246 g/mol. The van der Waals surface area contributed by atoms with Crippen LogP contribution in [0, 0.1) is 0 Å². The predicted octanol–water partition coefficient (Wildman–Crippen LogP) is 2.73. The third-order valence-corrected chi connectivity index (χ3v) is 2.69. The van der Waals surface area contributed by atoms with Gasteiger partial charge in [0.2, 0.25) is 0 Å². The van der Waals surface area contributed by atoms with E-state index in [0.29, 0.717) is 11.1 Å². The van der Waals surface area contributed by atoms with Gasteiger partial charge in [0.15, 0.2) is 0 Å².